The highest BCUT2D eigenvalue weighted by Gasteiger charge is 2.14. The highest BCUT2D eigenvalue weighted by Crippen LogP contribution is 2.29. The van der Waals surface area contributed by atoms with Crippen molar-refractivity contribution in [2.45, 2.75) is 22.7 Å². The van der Waals surface area contributed by atoms with Gasteiger partial charge in [0.1, 0.15) is 10.9 Å². The molecule has 0 aromatic carbocycles. The Labute approximate surface area is 105 Å². The number of carbonyl (C=O) groups is 1. The van der Waals surface area contributed by atoms with Gasteiger partial charge in [0.25, 0.3) is 0 Å². The van der Waals surface area contributed by atoms with Crippen LogP contribution in [-0.4, -0.2) is 30.6 Å². The molecule has 0 spiro atoms. The van der Waals surface area contributed by atoms with Crippen molar-refractivity contribution in [3.8, 4) is 0 Å². The monoisotopic (exact) mass is 268 g/mol. The number of rotatable bonds is 4. The maximum atomic E-state index is 11.0. The molecule has 0 atom stereocenters. The van der Waals surface area contributed by atoms with Gasteiger partial charge in [-0.2, -0.15) is 9.47 Å². The number of hydrogen-bond acceptors (Lipinski definition) is 7. The number of aryl methyl sites for hydroxylation is 1. The molecule has 0 radical (unpaired) electrons. The van der Waals surface area contributed by atoms with Gasteiger partial charge in [-0.25, -0.2) is 9.78 Å². The Bertz CT molecular complexity index is 543. The van der Waals surface area contributed by atoms with Crippen LogP contribution in [0.4, 0.5) is 0 Å². The van der Waals surface area contributed by atoms with Crippen LogP contribution in [0.1, 0.15) is 23.1 Å². The lowest BCUT2D eigenvalue weighted by atomic mass is 10.3. The predicted molar refractivity (Wildman–Crippen MR) is 62.4 cm³/mol. The second-order valence-electron chi connectivity index (χ2n) is 2.99. The molecule has 0 amide bonds. The standard InChI is InChI=1S/C9H8N4O2S2/c1-2-6-11-9(17-13-6)16-7-5(8(14)15)3-4-10-12-7/h3-4H,2H2,1H3,(H,14,15). The zero-order chi connectivity index (χ0) is 12.3. The lowest BCUT2D eigenvalue weighted by Crippen LogP contribution is -2.01. The van der Waals surface area contributed by atoms with Gasteiger partial charge in [-0.3, -0.25) is 0 Å². The van der Waals surface area contributed by atoms with Crippen LogP contribution in [0.5, 0.6) is 0 Å². The second-order valence-corrected chi connectivity index (χ2v) is 4.98. The molecule has 2 aromatic rings. The zero-order valence-corrected chi connectivity index (χ0v) is 10.5. The maximum absolute atomic E-state index is 11.0. The molecule has 2 aromatic heterocycles. The molecule has 0 saturated carbocycles. The summed E-state index contributed by atoms with van der Waals surface area (Å²) in [7, 11) is 0. The van der Waals surface area contributed by atoms with Gasteiger partial charge in [0, 0.05) is 6.42 Å². The molecule has 0 unspecified atom stereocenters. The summed E-state index contributed by atoms with van der Waals surface area (Å²) in [6.07, 6.45) is 2.11. The van der Waals surface area contributed by atoms with E-state index in [1.807, 2.05) is 6.92 Å². The van der Waals surface area contributed by atoms with E-state index in [1.54, 1.807) is 0 Å². The molecule has 0 aliphatic heterocycles. The van der Waals surface area contributed by atoms with Crippen LogP contribution in [0.25, 0.3) is 0 Å². The fraction of sp³-hybridized carbons (Fsp3) is 0.222. The fourth-order valence-electron chi connectivity index (χ4n) is 1.06. The van der Waals surface area contributed by atoms with Crippen molar-refractivity contribution in [3.63, 3.8) is 0 Å². The van der Waals surface area contributed by atoms with Crippen molar-refractivity contribution < 1.29 is 9.90 Å². The SMILES string of the molecule is CCc1nsc(Sc2nnccc2C(=O)O)n1. The quantitative estimate of drug-likeness (QED) is 0.903. The first-order chi connectivity index (χ1) is 8.20. The molecule has 88 valence electrons. The highest BCUT2D eigenvalue weighted by atomic mass is 32.2. The van der Waals surface area contributed by atoms with Crippen LogP contribution < -0.4 is 0 Å². The first kappa shape index (κ1) is 11.9. The highest BCUT2D eigenvalue weighted by molar-refractivity contribution is 8.01. The van der Waals surface area contributed by atoms with E-state index < -0.39 is 5.97 Å². The number of carboxylic acid groups (broad SMARTS) is 1. The Morgan fingerprint density at radius 3 is 3.06 bits per heavy atom. The minimum Gasteiger partial charge on any atom is -0.478 e. The third-order valence-corrected chi connectivity index (χ3v) is 3.65. The molecule has 2 heterocycles. The summed E-state index contributed by atoms with van der Waals surface area (Å²) in [5, 5.41) is 16.8. The lowest BCUT2D eigenvalue weighted by molar-refractivity contribution is 0.0692. The molecule has 0 aliphatic rings. The average molecular weight is 268 g/mol. The summed E-state index contributed by atoms with van der Waals surface area (Å²) in [4.78, 5) is 15.2. The van der Waals surface area contributed by atoms with E-state index in [4.69, 9.17) is 5.11 Å². The molecule has 0 saturated heterocycles. The molecule has 2 rings (SSSR count). The number of nitrogens with zero attached hydrogens (tertiary/aromatic N) is 4. The summed E-state index contributed by atoms with van der Waals surface area (Å²) in [6.45, 7) is 1.96. The number of aromatic nitrogens is 4. The average Bonchev–Trinajstić information content (AvgIpc) is 2.77. The van der Waals surface area contributed by atoms with Crippen molar-refractivity contribution in [1.29, 1.82) is 0 Å². The summed E-state index contributed by atoms with van der Waals surface area (Å²) in [5.74, 6) is -0.277. The van der Waals surface area contributed by atoms with Gasteiger partial charge in [-0.15, -0.1) is 5.10 Å². The first-order valence-corrected chi connectivity index (χ1v) is 6.35. The van der Waals surface area contributed by atoms with E-state index in [0.717, 1.165) is 12.2 Å². The van der Waals surface area contributed by atoms with Crippen molar-refractivity contribution in [2.24, 2.45) is 0 Å². The van der Waals surface area contributed by atoms with Crippen molar-refractivity contribution in [1.82, 2.24) is 19.6 Å². The lowest BCUT2D eigenvalue weighted by Gasteiger charge is -1.99. The van der Waals surface area contributed by atoms with Gasteiger partial charge in [-0.1, -0.05) is 6.92 Å². The Morgan fingerprint density at radius 1 is 1.59 bits per heavy atom. The minimum atomic E-state index is -1.03. The van der Waals surface area contributed by atoms with Gasteiger partial charge >= 0.3 is 5.97 Å². The van der Waals surface area contributed by atoms with Crippen LogP contribution in [0.3, 0.4) is 0 Å². The molecular weight excluding hydrogens is 260 g/mol. The summed E-state index contributed by atoms with van der Waals surface area (Å²) >= 11 is 2.40. The summed E-state index contributed by atoms with van der Waals surface area (Å²) < 4.78 is 4.79. The van der Waals surface area contributed by atoms with Crippen LogP contribution >= 0.6 is 23.3 Å². The minimum absolute atomic E-state index is 0.123. The van der Waals surface area contributed by atoms with Crippen molar-refractivity contribution in [2.75, 3.05) is 0 Å². The summed E-state index contributed by atoms with van der Waals surface area (Å²) in [5.41, 5.74) is 0.123. The van der Waals surface area contributed by atoms with E-state index in [0.29, 0.717) is 9.37 Å². The van der Waals surface area contributed by atoms with Crippen LogP contribution in [0.15, 0.2) is 21.6 Å². The fourth-order valence-corrected chi connectivity index (χ4v) is 2.73. The van der Waals surface area contributed by atoms with Crippen LogP contribution in [0, 0.1) is 0 Å². The molecular formula is C9H8N4O2S2. The third-order valence-electron chi connectivity index (χ3n) is 1.87. The molecule has 0 fully saturated rings. The number of carboxylic acids is 1. The van der Waals surface area contributed by atoms with Gasteiger partial charge in [0.2, 0.25) is 0 Å². The maximum Gasteiger partial charge on any atom is 0.338 e. The largest absolute Gasteiger partial charge is 0.478 e. The zero-order valence-electron chi connectivity index (χ0n) is 8.82. The predicted octanol–water partition coefficient (Wildman–Crippen LogP) is 1.74. The van der Waals surface area contributed by atoms with Crippen LogP contribution in [0.2, 0.25) is 0 Å². The van der Waals surface area contributed by atoms with E-state index in [2.05, 4.69) is 19.6 Å². The van der Waals surface area contributed by atoms with E-state index in [1.165, 1.54) is 35.6 Å². The first-order valence-electron chi connectivity index (χ1n) is 4.76. The van der Waals surface area contributed by atoms with Gasteiger partial charge in [0.15, 0.2) is 4.34 Å². The number of aromatic carboxylic acids is 1. The molecule has 17 heavy (non-hydrogen) atoms. The Kier molecular flexibility index (Phi) is 3.64. The molecule has 8 heteroatoms. The normalized spacial score (nSPS) is 10.4. The van der Waals surface area contributed by atoms with Gasteiger partial charge < -0.3 is 5.11 Å². The molecule has 1 N–H and O–H groups in total. The Morgan fingerprint density at radius 2 is 2.41 bits per heavy atom. The van der Waals surface area contributed by atoms with E-state index in [9.17, 15) is 4.79 Å². The van der Waals surface area contributed by atoms with Gasteiger partial charge in [0.05, 0.1) is 11.8 Å². The molecule has 0 aliphatic carbocycles. The van der Waals surface area contributed by atoms with Gasteiger partial charge in [-0.05, 0) is 29.4 Å². The van der Waals surface area contributed by atoms with Crippen molar-refractivity contribution in [3.05, 3.63) is 23.7 Å². The Balaban J connectivity index is 2.26. The summed E-state index contributed by atoms with van der Waals surface area (Å²) in [6, 6.07) is 1.42. The van der Waals surface area contributed by atoms with E-state index in [-0.39, 0.29) is 5.56 Å². The second kappa shape index (κ2) is 5.19. The Hall–Kier alpha value is -1.54. The topological polar surface area (TPSA) is 88.9 Å². The smallest absolute Gasteiger partial charge is 0.338 e. The molecule has 6 nitrogen and oxygen atoms in total. The molecule has 0 bridgehead atoms. The van der Waals surface area contributed by atoms with E-state index >= 15 is 0 Å². The van der Waals surface area contributed by atoms with Crippen molar-refractivity contribution >= 4 is 29.3 Å². The third kappa shape index (κ3) is 2.77. The van der Waals surface area contributed by atoms with Crippen LogP contribution in [-0.2, 0) is 6.42 Å². The number of hydrogen-bond donors (Lipinski definition) is 1.